The summed E-state index contributed by atoms with van der Waals surface area (Å²) in [4.78, 5) is 18.4. The Balaban J connectivity index is 0.00000225. The van der Waals surface area contributed by atoms with Crippen molar-refractivity contribution in [3.63, 3.8) is 0 Å². The van der Waals surface area contributed by atoms with Crippen LogP contribution in [-0.4, -0.2) is 29.0 Å². The molecule has 2 amide bonds. The molecule has 0 saturated carbocycles. The maximum Gasteiger partial charge on any atom is 0.322 e. The number of hydrogen-bond donors (Lipinski definition) is 1. The zero-order valence-electron chi connectivity index (χ0n) is 13.2. The minimum atomic E-state index is -0.141. The van der Waals surface area contributed by atoms with Gasteiger partial charge in [0.2, 0.25) is 0 Å². The molecule has 25 heavy (non-hydrogen) atoms. The Hall–Kier alpha value is -2.04. The summed E-state index contributed by atoms with van der Waals surface area (Å²) in [6, 6.07) is 8.98. The lowest BCUT2D eigenvalue weighted by Gasteiger charge is -2.26. The Labute approximate surface area is 158 Å². The van der Waals surface area contributed by atoms with Gasteiger partial charge in [-0.05, 0) is 48.7 Å². The zero-order valence-corrected chi connectivity index (χ0v) is 14.7. The van der Waals surface area contributed by atoms with Crippen molar-refractivity contribution >= 4 is 40.5 Å². The molecule has 4 nitrogen and oxygen atoms in total. The van der Waals surface area contributed by atoms with E-state index < -0.39 is 0 Å². The highest BCUT2D eigenvalue weighted by molar-refractivity contribution is 6.32. The summed E-state index contributed by atoms with van der Waals surface area (Å²) in [6.45, 7) is 3.06. The fourth-order valence-corrected chi connectivity index (χ4v) is 2.99. The van der Waals surface area contributed by atoms with Crippen molar-refractivity contribution < 1.29 is 4.79 Å². The van der Waals surface area contributed by atoms with Crippen LogP contribution in [0.5, 0.6) is 0 Å². The SMILES string of the molecule is C.Cc1ccc(NC(=O)N2CC=C(c3ncccc3Cl)CC2)cc1Cl. The maximum absolute atomic E-state index is 12.4. The van der Waals surface area contributed by atoms with Gasteiger partial charge in [0.25, 0.3) is 0 Å². The number of urea groups is 1. The van der Waals surface area contributed by atoms with E-state index in [0.717, 1.165) is 23.3 Å². The first kappa shape index (κ1) is 19.3. The molecule has 2 aromatic rings. The lowest BCUT2D eigenvalue weighted by molar-refractivity contribution is 0.217. The van der Waals surface area contributed by atoms with E-state index >= 15 is 0 Å². The van der Waals surface area contributed by atoms with Gasteiger partial charge in [0.05, 0.1) is 10.7 Å². The molecule has 0 radical (unpaired) electrons. The fraction of sp³-hybridized carbons (Fsp3) is 0.263. The van der Waals surface area contributed by atoms with E-state index in [0.29, 0.717) is 28.8 Å². The van der Waals surface area contributed by atoms with Crippen molar-refractivity contribution in [1.29, 1.82) is 0 Å². The van der Waals surface area contributed by atoms with Crippen LogP contribution in [0.25, 0.3) is 5.57 Å². The highest BCUT2D eigenvalue weighted by atomic mass is 35.5. The van der Waals surface area contributed by atoms with Crippen LogP contribution < -0.4 is 5.32 Å². The number of carbonyl (C=O) groups is 1. The third-order valence-corrected chi connectivity index (χ3v) is 4.69. The minimum absolute atomic E-state index is 0. The molecule has 1 aliphatic heterocycles. The number of amides is 2. The highest BCUT2D eigenvalue weighted by Crippen LogP contribution is 2.27. The van der Waals surface area contributed by atoms with E-state index in [1.54, 1.807) is 17.2 Å². The molecular formula is C19H21Cl2N3O. The predicted octanol–water partition coefficient (Wildman–Crippen LogP) is 5.65. The van der Waals surface area contributed by atoms with Gasteiger partial charge in [-0.2, -0.15) is 0 Å². The lowest BCUT2D eigenvalue weighted by atomic mass is 10.0. The number of pyridine rings is 1. The molecule has 0 saturated heterocycles. The average Bonchev–Trinajstić information content (AvgIpc) is 2.59. The number of benzene rings is 1. The first-order chi connectivity index (χ1) is 11.5. The summed E-state index contributed by atoms with van der Waals surface area (Å²) in [5.41, 5.74) is 3.54. The van der Waals surface area contributed by atoms with Crippen molar-refractivity contribution in [2.75, 3.05) is 18.4 Å². The van der Waals surface area contributed by atoms with Crippen molar-refractivity contribution in [2.24, 2.45) is 0 Å². The van der Waals surface area contributed by atoms with Crippen molar-refractivity contribution in [1.82, 2.24) is 9.88 Å². The van der Waals surface area contributed by atoms with Crippen LogP contribution in [0.4, 0.5) is 10.5 Å². The monoisotopic (exact) mass is 377 g/mol. The zero-order chi connectivity index (χ0) is 17.1. The molecular weight excluding hydrogens is 357 g/mol. The lowest BCUT2D eigenvalue weighted by Crippen LogP contribution is -2.37. The second-order valence-corrected chi connectivity index (χ2v) is 6.47. The quantitative estimate of drug-likeness (QED) is 0.734. The van der Waals surface area contributed by atoms with Crippen LogP contribution in [0.1, 0.15) is 25.1 Å². The molecule has 0 fully saturated rings. The Kier molecular flexibility index (Phi) is 6.45. The van der Waals surface area contributed by atoms with Crippen LogP contribution in [0.2, 0.25) is 10.0 Å². The van der Waals surface area contributed by atoms with Gasteiger partial charge >= 0.3 is 6.03 Å². The second kappa shape index (κ2) is 8.37. The number of anilines is 1. The molecule has 0 unspecified atom stereocenters. The first-order valence-electron chi connectivity index (χ1n) is 7.66. The number of aryl methyl sites for hydroxylation is 1. The van der Waals surface area contributed by atoms with Crippen LogP contribution in [-0.2, 0) is 0 Å². The Morgan fingerprint density at radius 2 is 2.04 bits per heavy atom. The summed E-state index contributed by atoms with van der Waals surface area (Å²) in [6.07, 6.45) is 4.44. The van der Waals surface area contributed by atoms with Crippen LogP contribution in [0.15, 0.2) is 42.6 Å². The first-order valence-corrected chi connectivity index (χ1v) is 8.42. The predicted molar refractivity (Wildman–Crippen MR) is 105 cm³/mol. The van der Waals surface area contributed by atoms with Gasteiger partial charge in [0.15, 0.2) is 0 Å². The van der Waals surface area contributed by atoms with Gasteiger partial charge in [0.1, 0.15) is 0 Å². The molecule has 3 rings (SSSR count). The Bertz CT molecular complexity index is 805. The van der Waals surface area contributed by atoms with Gasteiger partial charge in [0, 0.05) is 30.0 Å². The molecule has 0 bridgehead atoms. The van der Waals surface area contributed by atoms with Crippen LogP contribution >= 0.6 is 23.2 Å². The van der Waals surface area contributed by atoms with Crippen molar-refractivity contribution in [2.45, 2.75) is 20.8 Å². The Morgan fingerprint density at radius 1 is 1.24 bits per heavy atom. The van der Waals surface area contributed by atoms with Gasteiger partial charge < -0.3 is 10.2 Å². The van der Waals surface area contributed by atoms with E-state index in [1.807, 2.05) is 37.3 Å². The van der Waals surface area contributed by atoms with E-state index in [1.165, 1.54) is 0 Å². The number of rotatable bonds is 2. The molecule has 0 spiro atoms. The summed E-state index contributed by atoms with van der Waals surface area (Å²) >= 11 is 12.3. The largest absolute Gasteiger partial charge is 0.322 e. The standard InChI is InChI=1S/C18H17Cl2N3O.CH4/c1-12-4-5-14(11-16(12)20)22-18(24)23-9-6-13(7-10-23)17-15(19)3-2-8-21-17;/h2-6,8,11H,7,9-10H2,1H3,(H,22,24);1H4. The number of nitrogens with one attached hydrogen (secondary N) is 1. The smallest absolute Gasteiger partial charge is 0.320 e. The van der Waals surface area contributed by atoms with Crippen molar-refractivity contribution in [3.05, 3.63) is 63.9 Å². The summed E-state index contributed by atoms with van der Waals surface area (Å²) < 4.78 is 0. The normalized spacial score (nSPS) is 13.7. The van der Waals surface area contributed by atoms with E-state index in [4.69, 9.17) is 23.2 Å². The summed E-state index contributed by atoms with van der Waals surface area (Å²) in [5.74, 6) is 0. The molecule has 0 atom stereocenters. The average molecular weight is 378 g/mol. The van der Waals surface area contributed by atoms with Gasteiger partial charge in [-0.3, -0.25) is 4.98 Å². The van der Waals surface area contributed by atoms with E-state index in [-0.39, 0.29) is 13.5 Å². The molecule has 1 aliphatic rings. The maximum atomic E-state index is 12.4. The third-order valence-electron chi connectivity index (χ3n) is 3.98. The summed E-state index contributed by atoms with van der Waals surface area (Å²) in [7, 11) is 0. The number of nitrogens with zero attached hydrogens (tertiary/aromatic N) is 2. The number of aromatic nitrogens is 1. The highest BCUT2D eigenvalue weighted by Gasteiger charge is 2.19. The molecule has 132 valence electrons. The Morgan fingerprint density at radius 3 is 2.68 bits per heavy atom. The summed E-state index contributed by atoms with van der Waals surface area (Å²) in [5, 5.41) is 4.15. The third kappa shape index (κ3) is 4.53. The van der Waals surface area contributed by atoms with Gasteiger partial charge in [-0.25, -0.2) is 4.79 Å². The van der Waals surface area contributed by atoms with Crippen molar-refractivity contribution in [3.8, 4) is 0 Å². The van der Waals surface area contributed by atoms with Crippen LogP contribution in [0.3, 0.4) is 0 Å². The minimum Gasteiger partial charge on any atom is -0.320 e. The number of hydrogen-bond acceptors (Lipinski definition) is 2. The molecule has 1 aromatic carbocycles. The molecule has 1 aromatic heterocycles. The molecule has 6 heteroatoms. The van der Waals surface area contributed by atoms with Gasteiger partial charge in [-0.1, -0.05) is 42.8 Å². The molecule has 2 heterocycles. The van der Waals surface area contributed by atoms with E-state index in [2.05, 4.69) is 10.3 Å². The second-order valence-electron chi connectivity index (χ2n) is 5.65. The molecule has 1 N–H and O–H groups in total. The number of carbonyl (C=O) groups excluding carboxylic acids is 1. The van der Waals surface area contributed by atoms with Crippen LogP contribution in [0, 0.1) is 6.92 Å². The van der Waals surface area contributed by atoms with E-state index in [9.17, 15) is 4.79 Å². The topological polar surface area (TPSA) is 45.2 Å². The van der Waals surface area contributed by atoms with Gasteiger partial charge in [-0.15, -0.1) is 0 Å². The number of halogens is 2. The fourth-order valence-electron chi connectivity index (χ4n) is 2.56. The molecule has 0 aliphatic carbocycles.